The van der Waals surface area contributed by atoms with E-state index in [1.807, 2.05) is 4.90 Å². The second kappa shape index (κ2) is 6.29. The van der Waals surface area contributed by atoms with Gasteiger partial charge in [0.1, 0.15) is 5.56 Å². The van der Waals surface area contributed by atoms with Crippen molar-refractivity contribution in [2.24, 2.45) is 5.92 Å². The van der Waals surface area contributed by atoms with Gasteiger partial charge in [0.2, 0.25) is 5.91 Å². The number of nitrogens with zero attached hydrogens (tertiary/aromatic N) is 4. The Balaban J connectivity index is 1.42. The predicted octanol–water partition coefficient (Wildman–Crippen LogP) is 0.419. The minimum absolute atomic E-state index is 0.0495. The van der Waals surface area contributed by atoms with Gasteiger partial charge in [-0.1, -0.05) is 0 Å². The molecule has 0 radical (unpaired) electrons. The summed E-state index contributed by atoms with van der Waals surface area (Å²) in [6.07, 6.45) is 8.22. The lowest BCUT2D eigenvalue weighted by molar-refractivity contribution is -0.143. The van der Waals surface area contributed by atoms with Crippen LogP contribution in [0, 0.1) is 5.92 Å². The molecule has 9 nitrogen and oxygen atoms in total. The highest BCUT2D eigenvalue weighted by molar-refractivity contribution is 5.93. The quantitative estimate of drug-likeness (QED) is 0.781. The summed E-state index contributed by atoms with van der Waals surface area (Å²) in [6, 6.07) is 0. The Kier molecular flexibility index (Phi) is 3.85. The van der Waals surface area contributed by atoms with Crippen LogP contribution in [-0.2, 0) is 16.8 Å². The van der Waals surface area contributed by atoms with Crippen molar-refractivity contribution in [1.82, 2.24) is 29.7 Å². The molecule has 1 aliphatic carbocycles. The van der Waals surface area contributed by atoms with Crippen LogP contribution in [0.4, 0.5) is 0 Å². The fourth-order valence-electron chi connectivity index (χ4n) is 4.60. The number of fused-ring (bicyclic) bond motifs is 2. The van der Waals surface area contributed by atoms with Crippen LogP contribution in [0.3, 0.4) is 0 Å². The number of carbonyl (C=O) groups excluding carboxylic acids is 2. The van der Waals surface area contributed by atoms with Crippen LogP contribution in [0.5, 0.6) is 0 Å². The van der Waals surface area contributed by atoms with Crippen molar-refractivity contribution in [3.63, 3.8) is 0 Å². The SMILES string of the molecule is O=C(c1cnc[nH]c1=O)N1CCC2(CC1)c1nc[nH]c1CCN2C(=O)C1CC1. The van der Waals surface area contributed by atoms with Gasteiger partial charge in [-0.2, -0.15) is 0 Å². The lowest BCUT2D eigenvalue weighted by atomic mass is 9.78. The second-order valence-corrected chi connectivity index (χ2v) is 7.86. The lowest BCUT2D eigenvalue weighted by Gasteiger charge is -2.50. The smallest absolute Gasteiger partial charge is 0.263 e. The number of nitrogens with one attached hydrogen (secondary N) is 2. The number of hydrogen-bond donors (Lipinski definition) is 2. The van der Waals surface area contributed by atoms with Crippen molar-refractivity contribution in [1.29, 1.82) is 0 Å². The largest absolute Gasteiger partial charge is 0.348 e. The molecule has 9 heteroatoms. The van der Waals surface area contributed by atoms with E-state index in [0.29, 0.717) is 32.5 Å². The molecule has 0 atom stereocenters. The van der Waals surface area contributed by atoms with Crippen LogP contribution in [0.25, 0.3) is 0 Å². The summed E-state index contributed by atoms with van der Waals surface area (Å²) in [7, 11) is 0. The molecular formula is C19H22N6O3. The summed E-state index contributed by atoms with van der Waals surface area (Å²) in [5.74, 6) is 0.0467. The number of imidazole rings is 1. The number of H-pyrrole nitrogens is 2. The number of hydrogen-bond acceptors (Lipinski definition) is 5. The van der Waals surface area contributed by atoms with Crippen LogP contribution in [0.1, 0.15) is 47.4 Å². The van der Waals surface area contributed by atoms with Gasteiger partial charge in [0.25, 0.3) is 11.5 Å². The van der Waals surface area contributed by atoms with Gasteiger partial charge in [-0.15, -0.1) is 0 Å². The predicted molar refractivity (Wildman–Crippen MR) is 98.4 cm³/mol. The van der Waals surface area contributed by atoms with E-state index < -0.39 is 11.1 Å². The zero-order valence-electron chi connectivity index (χ0n) is 15.5. The molecule has 2 aliphatic heterocycles. The number of aromatic amines is 2. The third-order valence-electron chi connectivity index (χ3n) is 6.28. The Morgan fingerprint density at radius 3 is 2.61 bits per heavy atom. The summed E-state index contributed by atoms with van der Waals surface area (Å²) in [5, 5.41) is 0. The van der Waals surface area contributed by atoms with Crippen molar-refractivity contribution in [2.45, 2.75) is 37.6 Å². The summed E-state index contributed by atoms with van der Waals surface area (Å²) in [6.45, 7) is 1.61. The molecule has 1 spiro atoms. The molecule has 0 bridgehead atoms. The fourth-order valence-corrected chi connectivity index (χ4v) is 4.60. The van der Waals surface area contributed by atoms with Crippen molar-refractivity contribution >= 4 is 11.8 Å². The maximum Gasteiger partial charge on any atom is 0.263 e. The molecule has 2 aromatic rings. The van der Waals surface area contributed by atoms with Crippen LogP contribution >= 0.6 is 0 Å². The number of aromatic nitrogens is 4. The Morgan fingerprint density at radius 1 is 1.11 bits per heavy atom. The summed E-state index contributed by atoms with van der Waals surface area (Å²) < 4.78 is 0. The van der Waals surface area contributed by atoms with Gasteiger partial charge in [-0.05, 0) is 25.7 Å². The molecule has 2 N–H and O–H groups in total. The van der Waals surface area contributed by atoms with Gasteiger partial charge >= 0.3 is 0 Å². The molecule has 5 rings (SSSR count). The van der Waals surface area contributed by atoms with Crippen molar-refractivity contribution in [2.75, 3.05) is 19.6 Å². The van der Waals surface area contributed by atoms with E-state index in [0.717, 1.165) is 30.7 Å². The Hall–Kier alpha value is -2.97. The van der Waals surface area contributed by atoms with E-state index in [1.165, 1.54) is 12.5 Å². The van der Waals surface area contributed by atoms with E-state index in [4.69, 9.17) is 0 Å². The zero-order chi connectivity index (χ0) is 19.3. The first kappa shape index (κ1) is 17.2. The molecule has 0 aromatic carbocycles. The average molecular weight is 382 g/mol. The standard InChI is InChI=1S/C19H22N6O3/c26-16-13(9-20-10-23-16)18(28)24-7-4-19(5-8-24)15-14(21-11-22-15)3-6-25(19)17(27)12-1-2-12/h9-12H,1-8H2,(H,21,22)(H,20,23,26). The fraction of sp³-hybridized carbons (Fsp3) is 0.526. The number of likely N-dealkylation sites (tertiary alicyclic amines) is 1. The van der Waals surface area contributed by atoms with Crippen molar-refractivity contribution < 1.29 is 9.59 Å². The van der Waals surface area contributed by atoms with Gasteiger partial charge < -0.3 is 19.8 Å². The average Bonchev–Trinajstić information content (AvgIpc) is 3.45. The van der Waals surface area contributed by atoms with Crippen LogP contribution in [0.15, 0.2) is 23.6 Å². The minimum Gasteiger partial charge on any atom is -0.348 e. The Bertz CT molecular complexity index is 983. The molecule has 2 amide bonds. The number of piperidine rings is 1. The highest BCUT2D eigenvalue weighted by atomic mass is 16.2. The van der Waals surface area contributed by atoms with E-state index >= 15 is 0 Å². The molecule has 146 valence electrons. The van der Waals surface area contributed by atoms with Gasteiger partial charge in [0.05, 0.1) is 23.9 Å². The zero-order valence-corrected chi connectivity index (χ0v) is 15.5. The molecule has 1 saturated heterocycles. The maximum atomic E-state index is 13.0. The van der Waals surface area contributed by atoms with Crippen molar-refractivity contribution in [3.8, 4) is 0 Å². The van der Waals surface area contributed by atoms with E-state index in [9.17, 15) is 14.4 Å². The van der Waals surface area contributed by atoms with Gasteiger partial charge in [0, 0.05) is 43.9 Å². The summed E-state index contributed by atoms with van der Waals surface area (Å²) >= 11 is 0. The monoisotopic (exact) mass is 382 g/mol. The molecule has 2 aromatic heterocycles. The first-order chi connectivity index (χ1) is 13.6. The van der Waals surface area contributed by atoms with Gasteiger partial charge in [0.15, 0.2) is 0 Å². The summed E-state index contributed by atoms with van der Waals surface area (Å²) in [4.78, 5) is 55.5. The minimum atomic E-state index is -0.467. The van der Waals surface area contributed by atoms with E-state index in [2.05, 4.69) is 19.9 Å². The highest BCUT2D eigenvalue weighted by Gasteiger charge is 2.51. The third-order valence-corrected chi connectivity index (χ3v) is 6.28. The van der Waals surface area contributed by atoms with Gasteiger partial charge in [-0.3, -0.25) is 14.4 Å². The van der Waals surface area contributed by atoms with Crippen molar-refractivity contribution in [3.05, 3.63) is 46.2 Å². The summed E-state index contributed by atoms with van der Waals surface area (Å²) in [5.41, 5.74) is 1.18. The topological polar surface area (TPSA) is 115 Å². The van der Waals surface area contributed by atoms with Crippen LogP contribution < -0.4 is 5.56 Å². The highest BCUT2D eigenvalue weighted by Crippen LogP contribution is 2.45. The first-order valence-electron chi connectivity index (χ1n) is 9.76. The molecule has 3 aliphatic rings. The first-order valence-corrected chi connectivity index (χ1v) is 9.76. The Labute approximate surface area is 161 Å². The van der Waals surface area contributed by atoms with Crippen LogP contribution in [0.2, 0.25) is 0 Å². The molecule has 28 heavy (non-hydrogen) atoms. The van der Waals surface area contributed by atoms with Crippen LogP contribution in [-0.4, -0.2) is 61.2 Å². The Morgan fingerprint density at radius 2 is 1.89 bits per heavy atom. The third kappa shape index (κ3) is 2.56. The number of carbonyl (C=O) groups is 2. The molecule has 2 fully saturated rings. The molecule has 1 saturated carbocycles. The van der Waals surface area contributed by atoms with E-state index in [1.54, 1.807) is 11.2 Å². The normalized spacial score (nSPS) is 20.9. The molecular weight excluding hydrogens is 360 g/mol. The lowest BCUT2D eigenvalue weighted by Crippen LogP contribution is -2.59. The van der Waals surface area contributed by atoms with E-state index in [-0.39, 0.29) is 23.3 Å². The maximum absolute atomic E-state index is 13.0. The second-order valence-electron chi connectivity index (χ2n) is 7.86. The molecule has 4 heterocycles. The number of rotatable bonds is 2. The van der Waals surface area contributed by atoms with Gasteiger partial charge in [-0.25, -0.2) is 9.97 Å². The molecule has 0 unspecified atom stereocenters. The number of amides is 2.